The lowest BCUT2D eigenvalue weighted by Gasteiger charge is -2.26. The topological polar surface area (TPSA) is 89.3 Å². The number of para-hydroxylation sites is 2. The Hall–Kier alpha value is -9.34. The van der Waals surface area contributed by atoms with E-state index >= 15 is 0 Å². The molecule has 0 spiro atoms. The van der Waals surface area contributed by atoms with Crippen LogP contribution in [0.2, 0.25) is 0 Å². The molecule has 0 saturated heterocycles. The highest BCUT2D eigenvalue weighted by atomic mass is 16.4. The first-order valence-electron chi connectivity index (χ1n) is 26.9. The third-order valence-electron chi connectivity index (χ3n) is 14.5. The second-order valence-corrected chi connectivity index (χ2v) is 19.7. The van der Waals surface area contributed by atoms with Gasteiger partial charge < -0.3 is 23.2 Å². The van der Waals surface area contributed by atoms with E-state index in [-0.39, 0.29) is 0 Å². The van der Waals surface area contributed by atoms with Crippen LogP contribution < -0.4 is 9.80 Å². The van der Waals surface area contributed by atoms with Gasteiger partial charge in [0.15, 0.2) is 0 Å². The number of aryl methyl sites for hydroxylation is 4. The Morgan fingerprint density at radius 2 is 0.662 bits per heavy atom. The lowest BCUT2D eigenvalue weighted by Crippen LogP contribution is -2.10. The van der Waals surface area contributed by atoms with Crippen molar-refractivity contribution in [3.63, 3.8) is 0 Å². The molecule has 9 aromatic carbocycles. The predicted octanol–water partition coefficient (Wildman–Crippen LogP) is 18.1. The van der Waals surface area contributed by atoms with Crippen molar-refractivity contribution >= 4 is 55.9 Å². The lowest BCUT2D eigenvalue weighted by atomic mass is 10.1. The maximum atomic E-state index is 6.27. The largest absolute Gasteiger partial charge is 0.416 e. The molecule has 3 heterocycles. The molecule has 0 radical (unpaired) electrons. The van der Waals surface area contributed by atoms with Gasteiger partial charge in [0, 0.05) is 84.7 Å². The van der Waals surface area contributed by atoms with E-state index in [1.165, 1.54) is 53.4 Å². The molecule has 9 nitrogen and oxygen atoms in total. The van der Waals surface area contributed by atoms with Gasteiger partial charge >= 0.3 is 0 Å². The smallest absolute Gasteiger partial charge is 0.248 e. The van der Waals surface area contributed by atoms with Crippen LogP contribution in [0.3, 0.4) is 0 Å². The third kappa shape index (κ3) is 10.4. The summed E-state index contributed by atoms with van der Waals surface area (Å²) in [5.74, 6) is 1.98. The van der Waals surface area contributed by atoms with Crippen LogP contribution in [0.1, 0.15) is 56.2 Å². The minimum Gasteiger partial charge on any atom is -0.416 e. The molecule has 0 amide bonds. The molecule has 12 rings (SSSR count). The second kappa shape index (κ2) is 22.2. The van der Waals surface area contributed by atoms with E-state index in [0.29, 0.717) is 23.6 Å². The van der Waals surface area contributed by atoms with Crippen molar-refractivity contribution < 1.29 is 8.83 Å². The molecule has 0 saturated carbocycles. The van der Waals surface area contributed by atoms with E-state index in [0.717, 1.165) is 93.0 Å². The summed E-state index contributed by atoms with van der Waals surface area (Å²) in [6, 6.07) is 79.3. The highest BCUT2D eigenvalue weighted by Crippen LogP contribution is 2.43. The average Bonchev–Trinajstić information content (AvgIpc) is 4.39. The Morgan fingerprint density at radius 3 is 1.04 bits per heavy atom. The van der Waals surface area contributed by atoms with Crippen LogP contribution in [0.25, 0.3) is 67.6 Å². The van der Waals surface area contributed by atoms with Gasteiger partial charge in [-0.25, -0.2) is 0 Å². The van der Waals surface area contributed by atoms with E-state index in [1.54, 1.807) is 0 Å². The van der Waals surface area contributed by atoms with E-state index in [1.807, 2.05) is 0 Å². The summed E-state index contributed by atoms with van der Waals surface area (Å²) in [5.41, 5.74) is 16.0. The van der Waals surface area contributed by atoms with Crippen molar-refractivity contribution in [1.29, 1.82) is 0 Å². The quantitative estimate of drug-likeness (QED) is 0.0791. The second-order valence-electron chi connectivity index (χ2n) is 19.7. The first-order chi connectivity index (χ1) is 38.1. The maximum Gasteiger partial charge on any atom is 0.248 e. The summed E-state index contributed by atoms with van der Waals surface area (Å²) in [4.78, 5) is 4.63. The van der Waals surface area contributed by atoms with Crippen molar-refractivity contribution in [3.8, 4) is 45.8 Å². The van der Waals surface area contributed by atoms with Gasteiger partial charge in [-0.15, -0.1) is 20.4 Å². The number of benzene rings is 9. The molecule has 0 N–H and O–H groups in total. The number of rotatable bonds is 19. The molecule has 9 heteroatoms. The first-order valence-corrected chi connectivity index (χ1v) is 26.9. The minimum atomic E-state index is 0.481. The van der Waals surface area contributed by atoms with Crippen molar-refractivity contribution in [2.75, 3.05) is 9.80 Å². The van der Waals surface area contributed by atoms with Crippen LogP contribution >= 0.6 is 0 Å². The minimum absolute atomic E-state index is 0.481. The van der Waals surface area contributed by atoms with Crippen LogP contribution in [0, 0.1) is 0 Å². The van der Waals surface area contributed by atoms with Gasteiger partial charge in [-0.05, 0) is 182 Å². The molecule has 0 fully saturated rings. The van der Waals surface area contributed by atoms with E-state index in [9.17, 15) is 0 Å². The molecule has 0 aliphatic carbocycles. The zero-order chi connectivity index (χ0) is 51.9. The van der Waals surface area contributed by atoms with Gasteiger partial charge in [0.05, 0.1) is 0 Å². The van der Waals surface area contributed by atoms with Crippen molar-refractivity contribution in [1.82, 2.24) is 25.0 Å². The fourth-order valence-corrected chi connectivity index (χ4v) is 10.3. The molecule has 3 aromatic heterocycles. The zero-order valence-electron chi connectivity index (χ0n) is 43.5. The van der Waals surface area contributed by atoms with Gasteiger partial charge in [0.25, 0.3) is 0 Å². The lowest BCUT2D eigenvalue weighted by molar-refractivity contribution is 0.584. The summed E-state index contributed by atoms with van der Waals surface area (Å²) in [5, 5.41) is 20.1. The normalized spacial score (nSPS) is 11.4. The third-order valence-corrected chi connectivity index (χ3v) is 14.5. The Morgan fingerprint density at radius 1 is 0.338 bits per heavy atom. The average molecular weight is 1010 g/mol. The fourth-order valence-electron chi connectivity index (χ4n) is 10.3. The molecular formula is C68H59N7O2. The zero-order valence-corrected chi connectivity index (χ0v) is 43.5. The van der Waals surface area contributed by atoms with Crippen molar-refractivity contribution in [3.05, 3.63) is 241 Å². The van der Waals surface area contributed by atoms with Crippen LogP contribution in [0.15, 0.2) is 233 Å². The van der Waals surface area contributed by atoms with Gasteiger partial charge in [0.1, 0.15) is 0 Å². The van der Waals surface area contributed by atoms with E-state index in [4.69, 9.17) is 8.83 Å². The number of aromatic nitrogens is 5. The molecule has 0 aliphatic heterocycles. The summed E-state index contributed by atoms with van der Waals surface area (Å²) in [6.45, 7) is 5.25. The number of unbranched alkanes of at least 4 members (excludes halogenated alkanes) is 2. The molecule has 0 atom stereocenters. The molecule has 378 valence electrons. The number of hydrogen-bond donors (Lipinski definition) is 0. The molecule has 0 bridgehead atoms. The summed E-state index contributed by atoms with van der Waals surface area (Å²) < 4.78 is 15.0. The van der Waals surface area contributed by atoms with Crippen LogP contribution in [0.5, 0.6) is 0 Å². The number of anilines is 6. The molecular weight excluding hydrogens is 947 g/mol. The molecule has 0 aliphatic rings. The van der Waals surface area contributed by atoms with Gasteiger partial charge in [-0.2, -0.15) is 0 Å². The predicted molar refractivity (Wildman–Crippen MR) is 314 cm³/mol. The fraction of sp³-hybridized carbons (Fsp3) is 0.147. The Balaban J connectivity index is 0.903. The Labute approximate surface area is 449 Å². The highest BCUT2D eigenvalue weighted by molar-refractivity contribution is 6.11. The SMILES string of the molecule is CCCCc1ccc(-c2nnc(-c3ccc(N(c4ccccc4)c4ccc5c(c4)c4cc(N(c6ccccc6)c6ccc(-c7nnc(-c8ccc(CCCC)cc8)o7)cc6)ccc4n5CCc4ccccc4)cc3)o2)cc1. The van der Waals surface area contributed by atoms with Crippen molar-refractivity contribution in [2.24, 2.45) is 0 Å². The van der Waals surface area contributed by atoms with Crippen LogP contribution in [-0.4, -0.2) is 25.0 Å². The number of hydrogen-bond acceptors (Lipinski definition) is 8. The number of fused-ring (bicyclic) bond motifs is 3. The molecule has 0 unspecified atom stereocenters. The summed E-state index contributed by atoms with van der Waals surface area (Å²) in [7, 11) is 0. The van der Waals surface area contributed by atoms with Crippen LogP contribution in [-0.2, 0) is 25.8 Å². The van der Waals surface area contributed by atoms with Gasteiger partial charge in [-0.1, -0.05) is 118 Å². The first kappa shape index (κ1) is 48.6. The van der Waals surface area contributed by atoms with E-state index < -0.39 is 0 Å². The standard InChI is InChI=1S/C68H59N7O2/c1-3-5-16-49-24-28-51(29-25-49)65-69-71-67(76-65)53-32-36-57(37-33-53)74(55-20-12-8-13-21-55)59-40-42-63-61(46-59)62-47-60(41-43-64(62)73(63)45-44-48-18-10-7-11-19-48)75(56-22-14-9-15-23-56)58-38-34-54(35-39-58)68-72-70-66(77-68)52-30-26-50(27-31-52)17-6-4-2/h7-15,18-43,46-47H,3-6,16-17,44-45H2,1-2H3. The highest BCUT2D eigenvalue weighted by Gasteiger charge is 2.21. The Kier molecular flexibility index (Phi) is 14.0. The molecule has 77 heavy (non-hydrogen) atoms. The van der Waals surface area contributed by atoms with Gasteiger partial charge in [-0.3, -0.25) is 0 Å². The summed E-state index contributed by atoms with van der Waals surface area (Å²) in [6.07, 6.45) is 7.71. The van der Waals surface area contributed by atoms with Crippen LogP contribution in [0.4, 0.5) is 34.1 Å². The monoisotopic (exact) mass is 1010 g/mol. The van der Waals surface area contributed by atoms with Crippen molar-refractivity contribution in [2.45, 2.75) is 65.3 Å². The summed E-state index contributed by atoms with van der Waals surface area (Å²) >= 11 is 0. The maximum absolute atomic E-state index is 6.27. The Bertz CT molecular complexity index is 3630. The van der Waals surface area contributed by atoms with E-state index in [2.05, 4.69) is 273 Å². The van der Waals surface area contributed by atoms with Gasteiger partial charge in [0.2, 0.25) is 23.6 Å². The molecule has 12 aromatic rings. The number of nitrogens with zero attached hydrogens (tertiary/aromatic N) is 7.